The standard InChI is InChI=1S/C12H12F2N2O3S/c13-10-2-1-3-11(14)9(10)6-15-16-12(17)8-4-5-20(18,19)7-8/h1-3,6,8H,4-5,7H2,(H,16,17)/b15-6-/t8-/m1/s1. The van der Waals surface area contributed by atoms with Crippen molar-refractivity contribution in [3.8, 4) is 0 Å². The van der Waals surface area contributed by atoms with E-state index < -0.39 is 33.3 Å². The topological polar surface area (TPSA) is 75.6 Å². The fourth-order valence-corrected chi connectivity index (χ4v) is 3.63. The van der Waals surface area contributed by atoms with Gasteiger partial charge < -0.3 is 0 Å². The predicted octanol–water partition coefficient (Wildman–Crippen LogP) is 0.850. The first-order valence-electron chi connectivity index (χ1n) is 5.86. The van der Waals surface area contributed by atoms with E-state index >= 15 is 0 Å². The van der Waals surface area contributed by atoms with Crippen LogP contribution in [0.25, 0.3) is 0 Å². The number of sulfone groups is 1. The Kier molecular flexibility index (Phi) is 4.12. The molecule has 1 fully saturated rings. The number of hydrogen-bond acceptors (Lipinski definition) is 4. The fourth-order valence-electron chi connectivity index (χ4n) is 1.89. The molecule has 1 aliphatic rings. The number of hydrogen-bond donors (Lipinski definition) is 1. The molecule has 0 bridgehead atoms. The number of carbonyl (C=O) groups excluding carboxylic acids is 1. The van der Waals surface area contributed by atoms with E-state index in [0.29, 0.717) is 0 Å². The highest BCUT2D eigenvalue weighted by Gasteiger charge is 2.32. The van der Waals surface area contributed by atoms with E-state index in [1.54, 1.807) is 0 Å². The van der Waals surface area contributed by atoms with Gasteiger partial charge in [-0.3, -0.25) is 4.79 Å². The minimum Gasteiger partial charge on any atom is -0.273 e. The third kappa shape index (κ3) is 3.38. The Hall–Kier alpha value is -1.83. The minimum absolute atomic E-state index is 0.0310. The molecule has 2 rings (SSSR count). The Morgan fingerprint density at radius 3 is 2.55 bits per heavy atom. The molecule has 1 amide bonds. The first-order valence-corrected chi connectivity index (χ1v) is 7.68. The average Bonchev–Trinajstić information content (AvgIpc) is 2.73. The molecule has 0 aliphatic carbocycles. The van der Waals surface area contributed by atoms with Crippen LogP contribution < -0.4 is 5.43 Å². The number of nitrogens with one attached hydrogen (secondary N) is 1. The summed E-state index contributed by atoms with van der Waals surface area (Å²) in [7, 11) is -3.16. The molecule has 5 nitrogen and oxygen atoms in total. The first-order chi connectivity index (χ1) is 9.39. The van der Waals surface area contributed by atoms with Crippen LogP contribution in [-0.2, 0) is 14.6 Å². The van der Waals surface area contributed by atoms with Gasteiger partial charge in [-0.2, -0.15) is 5.10 Å². The number of rotatable bonds is 3. The summed E-state index contributed by atoms with van der Waals surface area (Å²) in [5.41, 5.74) is 1.73. The molecule has 0 saturated carbocycles. The normalized spacial score (nSPS) is 21.2. The Morgan fingerprint density at radius 1 is 1.35 bits per heavy atom. The molecular weight excluding hydrogens is 290 g/mol. The summed E-state index contributed by atoms with van der Waals surface area (Å²) >= 11 is 0. The van der Waals surface area contributed by atoms with Gasteiger partial charge in [-0.25, -0.2) is 22.6 Å². The van der Waals surface area contributed by atoms with E-state index in [0.717, 1.165) is 18.3 Å². The van der Waals surface area contributed by atoms with Crippen molar-refractivity contribution in [1.29, 1.82) is 0 Å². The molecule has 108 valence electrons. The van der Waals surface area contributed by atoms with E-state index in [4.69, 9.17) is 0 Å². The molecule has 8 heteroatoms. The third-order valence-corrected chi connectivity index (χ3v) is 4.74. The van der Waals surface area contributed by atoms with Gasteiger partial charge in [0.25, 0.3) is 0 Å². The summed E-state index contributed by atoms with van der Waals surface area (Å²) in [6, 6.07) is 3.34. The van der Waals surface area contributed by atoms with Gasteiger partial charge in [-0.05, 0) is 18.6 Å². The van der Waals surface area contributed by atoms with Crippen molar-refractivity contribution in [2.45, 2.75) is 6.42 Å². The molecule has 1 heterocycles. The molecule has 1 atom stereocenters. The molecule has 1 aromatic carbocycles. The number of carbonyl (C=O) groups is 1. The maximum atomic E-state index is 13.3. The van der Waals surface area contributed by atoms with Crippen LogP contribution in [0.1, 0.15) is 12.0 Å². The average molecular weight is 302 g/mol. The highest BCUT2D eigenvalue weighted by molar-refractivity contribution is 7.91. The van der Waals surface area contributed by atoms with Gasteiger partial charge in [-0.1, -0.05) is 6.07 Å². The molecule has 1 N–H and O–H groups in total. The van der Waals surface area contributed by atoms with E-state index in [9.17, 15) is 22.0 Å². The second-order valence-corrected chi connectivity index (χ2v) is 6.70. The fraction of sp³-hybridized carbons (Fsp3) is 0.333. The van der Waals surface area contributed by atoms with E-state index in [2.05, 4.69) is 10.5 Å². The monoisotopic (exact) mass is 302 g/mol. The minimum atomic E-state index is -3.16. The maximum Gasteiger partial charge on any atom is 0.244 e. The predicted molar refractivity (Wildman–Crippen MR) is 68.9 cm³/mol. The zero-order chi connectivity index (χ0) is 14.8. The van der Waals surface area contributed by atoms with Crippen molar-refractivity contribution < 1.29 is 22.0 Å². The molecule has 0 radical (unpaired) electrons. The van der Waals surface area contributed by atoms with Crippen LogP contribution in [0, 0.1) is 17.6 Å². The summed E-state index contributed by atoms with van der Waals surface area (Å²) in [5.74, 6) is -3.08. The van der Waals surface area contributed by atoms with Crippen LogP contribution in [0.4, 0.5) is 8.78 Å². The Bertz CT molecular complexity index is 638. The highest BCUT2D eigenvalue weighted by Crippen LogP contribution is 2.18. The second kappa shape index (κ2) is 5.66. The van der Waals surface area contributed by atoms with Crippen LogP contribution in [0.3, 0.4) is 0 Å². The number of benzene rings is 1. The summed E-state index contributed by atoms with van der Waals surface area (Å²) < 4.78 is 48.9. The first kappa shape index (κ1) is 14.6. The molecule has 0 aromatic heterocycles. The number of halogens is 2. The molecule has 1 aliphatic heterocycles. The van der Waals surface area contributed by atoms with Gasteiger partial charge in [0.15, 0.2) is 9.84 Å². The van der Waals surface area contributed by atoms with Crippen molar-refractivity contribution in [3.63, 3.8) is 0 Å². The SMILES string of the molecule is O=C(N/N=C\c1c(F)cccc1F)[C@@H]1CCS(=O)(=O)C1. The second-order valence-electron chi connectivity index (χ2n) is 4.47. The van der Waals surface area contributed by atoms with Gasteiger partial charge in [0.05, 0.1) is 29.2 Å². The van der Waals surface area contributed by atoms with Crippen molar-refractivity contribution in [2.24, 2.45) is 11.0 Å². The zero-order valence-corrected chi connectivity index (χ0v) is 11.2. The van der Waals surface area contributed by atoms with Crippen LogP contribution in [0.2, 0.25) is 0 Å². The summed E-state index contributed by atoms with van der Waals surface area (Å²) in [4.78, 5) is 11.6. The van der Waals surface area contributed by atoms with Crippen molar-refractivity contribution in [1.82, 2.24) is 5.43 Å². The van der Waals surface area contributed by atoms with Gasteiger partial charge in [0.1, 0.15) is 11.6 Å². The number of nitrogens with zero attached hydrogens (tertiary/aromatic N) is 1. The quantitative estimate of drug-likeness (QED) is 0.664. The van der Waals surface area contributed by atoms with Crippen LogP contribution in [-0.4, -0.2) is 32.0 Å². The molecule has 0 spiro atoms. The number of hydrazone groups is 1. The van der Waals surface area contributed by atoms with Crippen molar-refractivity contribution in [2.75, 3.05) is 11.5 Å². The third-order valence-electron chi connectivity index (χ3n) is 2.97. The smallest absolute Gasteiger partial charge is 0.244 e. The van der Waals surface area contributed by atoms with Gasteiger partial charge in [0.2, 0.25) is 5.91 Å². The van der Waals surface area contributed by atoms with Gasteiger partial charge >= 0.3 is 0 Å². The lowest BCUT2D eigenvalue weighted by atomic mass is 10.1. The largest absolute Gasteiger partial charge is 0.273 e. The summed E-state index contributed by atoms with van der Waals surface area (Å²) in [5, 5.41) is 3.46. The lowest BCUT2D eigenvalue weighted by molar-refractivity contribution is -0.124. The molecule has 1 saturated heterocycles. The Labute approximate surface area is 114 Å². The zero-order valence-electron chi connectivity index (χ0n) is 10.3. The maximum absolute atomic E-state index is 13.3. The van der Waals surface area contributed by atoms with Crippen LogP contribution in [0.5, 0.6) is 0 Å². The van der Waals surface area contributed by atoms with Gasteiger partial charge in [-0.15, -0.1) is 0 Å². The lowest BCUT2D eigenvalue weighted by Crippen LogP contribution is -2.27. The Morgan fingerprint density at radius 2 is 2.00 bits per heavy atom. The van der Waals surface area contributed by atoms with Crippen molar-refractivity contribution in [3.05, 3.63) is 35.4 Å². The highest BCUT2D eigenvalue weighted by atomic mass is 32.2. The number of amides is 1. The molecule has 1 aromatic rings. The molecule has 0 unspecified atom stereocenters. The Balaban J connectivity index is 1.99. The van der Waals surface area contributed by atoms with E-state index in [1.807, 2.05) is 0 Å². The van der Waals surface area contributed by atoms with Gasteiger partial charge in [0, 0.05) is 0 Å². The lowest BCUT2D eigenvalue weighted by Gasteiger charge is -2.04. The van der Waals surface area contributed by atoms with Crippen LogP contribution in [0.15, 0.2) is 23.3 Å². The molecule has 20 heavy (non-hydrogen) atoms. The molecular formula is C12H12F2N2O3S. The van der Waals surface area contributed by atoms with Crippen LogP contribution >= 0.6 is 0 Å². The summed E-state index contributed by atoms with van der Waals surface area (Å²) in [6.45, 7) is 0. The van der Waals surface area contributed by atoms with Crippen molar-refractivity contribution >= 4 is 22.0 Å². The van der Waals surface area contributed by atoms with E-state index in [1.165, 1.54) is 6.07 Å². The summed E-state index contributed by atoms with van der Waals surface area (Å²) in [6.07, 6.45) is 1.09. The van der Waals surface area contributed by atoms with E-state index in [-0.39, 0.29) is 23.5 Å².